The van der Waals surface area contributed by atoms with Crippen molar-refractivity contribution in [3.8, 4) is 5.69 Å². The Morgan fingerprint density at radius 2 is 1.74 bits per heavy atom. The number of anilines is 1. The number of benzene rings is 3. The lowest BCUT2D eigenvalue weighted by molar-refractivity contribution is -0.114. The molecule has 0 saturated carbocycles. The van der Waals surface area contributed by atoms with Gasteiger partial charge in [0, 0.05) is 19.2 Å². The number of nitrogens with one attached hydrogen (secondary N) is 1. The maximum absolute atomic E-state index is 13.7. The smallest absolute Gasteiger partial charge is 0.294 e. The number of amides is 2. The van der Waals surface area contributed by atoms with E-state index < -0.39 is 0 Å². The van der Waals surface area contributed by atoms with E-state index in [4.69, 9.17) is 0 Å². The molecular weight excluding hydrogens is 445 g/mol. The molecule has 1 heterocycles. The Morgan fingerprint density at radius 1 is 1.03 bits per heavy atom. The Labute approximate surface area is 203 Å². The standard InChI is InChI=1S/C27H26FN5O2/c1-18(22-10-7-11-24(16-22)30-20(3)34)32(17-21-8-5-4-6-9-21)27(35)26-29-19(2)33(31-26)25-14-12-23(28)13-15-25/h4-16,18H,17H2,1-3H3,(H,30,34). The summed E-state index contributed by atoms with van der Waals surface area (Å²) in [5, 5.41) is 7.23. The zero-order chi connectivity index (χ0) is 24.9. The van der Waals surface area contributed by atoms with E-state index in [2.05, 4.69) is 15.4 Å². The highest BCUT2D eigenvalue weighted by atomic mass is 19.1. The minimum absolute atomic E-state index is 0.0487. The fourth-order valence-electron chi connectivity index (χ4n) is 3.86. The monoisotopic (exact) mass is 471 g/mol. The third kappa shape index (κ3) is 5.60. The third-order valence-electron chi connectivity index (χ3n) is 5.64. The molecule has 2 amide bonds. The van der Waals surface area contributed by atoms with Crippen LogP contribution in [0.25, 0.3) is 5.69 Å². The quantitative estimate of drug-likeness (QED) is 0.408. The molecule has 0 aliphatic heterocycles. The highest BCUT2D eigenvalue weighted by Crippen LogP contribution is 2.26. The first kappa shape index (κ1) is 23.8. The molecule has 3 aromatic carbocycles. The average Bonchev–Trinajstić information content (AvgIpc) is 3.24. The fraction of sp³-hybridized carbons (Fsp3) is 0.185. The lowest BCUT2D eigenvalue weighted by Gasteiger charge is -2.29. The van der Waals surface area contributed by atoms with Gasteiger partial charge in [-0.1, -0.05) is 42.5 Å². The van der Waals surface area contributed by atoms with Gasteiger partial charge in [0.1, 0.15) is 11.6 Å². The summed E-state index contributed by atoms with van der Waals surface area (Å²) >= 11 is 0. The van der Waals surface area contributed by atoms with Crippen molar-refractivity contribution in [2.24, 2.45) is 0 Å². The largest absolute Gasteiger partial charge is 0.326 e. The summed E-state index contributed by atoms with van der Waals surface area (Å²) < 4.78 is 14.9. The van der Waals surface area contributed by atoms with E-state index in [1.807, 2.05) is 55.5 Å². The Hall–Kier alpha value is -4.33. The predicted octanol–water partition coefficient (Wildman–Crippen LogP) is 5.08. The van der Waals surface area contributed by atoms with Crippen LogP contribution in [-0.2, 0) is 11.3 Å². The maximum atomic E-state index is 13.7. The van der Waals surface area contributed by atoms with Crippen LogP contribution in [0.3, 0.4) is 0 Å². The Bertz CT molecular complexity index is 1340. The molecule has 0 spiro atoms. The molecule has 0 saturated heterocycles. The number of hydrogen-bond acceptors (Lipinski definition) is 4. The van der Waals surface area contributed by atoms with Crippen molar-refractivity contribution in [2.45, 2.75) is 33.4 Å². The van der Waals surface area contributed by atoms with E-state index in [-0.39, 0.29) is 29.5 Å². The number of hydrogen-bond donors (Lipinski definition) is 1. The van der Waals surface area contributed by atoms with Crippen molar-refractivity contribution in [1.82, 2.24) is 19.7 Å². The molecule has 4 aromatic rings. The van der Waals surface area contributed by atoms with E-state index in [9.17, 15) is 14.0 Å². The highest BCUT2D eigenvalue weighted by molar-refractivity contribution is 5.91. The minimum Gasteiger partial charge on any atom is -0.326 e. The van der Waals surface area contributed by atoms with Crippen molar-refractivity contribution < 1.29 is 14.0 Å². The summed E-state index contributed by atoms with van der Waals surface area (Å²) in [5.41, 5.74) is 3.08. The molecule has 1 N–H and O–H groups in total. The SMILES string of the molecule is CC(=O)Nc1cccc(C(C)N(Cc2ccccc2)C(=O)c2nc(C)n(-c3ccc(F)cc3)n2)c1. The molecule has 0 fully saturated rings. The summed E-state index contributed by atoms with van der Waals surface area (Å²) in [7, 11) is 0. The molecule has 0 aliphatic carbocycles. The van der Waals surface area contributed by atoms with Gasteiger partial charge in [0.2, 0.25) is 11.7 Å². The number of aromatic nitrogens is 3. The molecular formula is C27H26FN5O2. The second kappa shape index (κ2) is 10.3. The molecule has 1 atom stereocenters. The molecule has 1 aromatic heterocycles. The van der Waals surface area contributed by atoms with Gasteiger partial charge in [-0.2, -0.15) is 0 Å². The highest BCUT2D eigenvalue weighted by Gasteiger charge is 2.27. The first-order valence-corrected chi connectivity index (χ1v) is 11.2. The predicted molar refractivity (Wildman–Crippen MR) is 132 cm³/mol. The third-order valence-corrected chi connectivity index (χ3v) is 5.64. The van der Waals surface area contributed by atoms with Crippen LogP contribution in [0.15, 0.2) is 78.9 Å². The number of carbonyl (C=O) groups excluding carboxylic acids is 2. The van der Waals surface area contributed by atoms with Gasteiger partial charge in [-0.3, -0.25) is 9.59 Å². The van der Waals surface area contributed by atoms with Crippen molar-refractivity contribution >= 4 is 17.5 Å². The average molecular weight is 472 g/mol. The van der Waals surface area contributed by atoms with Crippen molar-refractivity contribution in [2.75, 3.05) is 5.32 Å². The Balaban J connectivity index is 1.69. The molecule has 0 aliphatic rings. The number of nitrogens with zero attached hydrogens (tertiary/aromatic N) is 4. The lowest BCUT2D eigenvalue weighted by Crippen LogP contribution is -2.34. The first-order chi connectivity index (χ1) is 16.8. The van der Waals surface area contributed by atoms with E-state index in [1.54, 1.807) is 30.0 Å². The number of carbonyl (C=O) groups is 2. The van der Waals surface area contributed by atoms with Gasteiger partial charge in [0.15, 0.2) is 0 Å². The van der Waals surface area contributed by atoms with Crippen LogP contribution in [0.1, 0.15) is 47.5 Å². The number of rotatable bonds is 7. The van der Waals surface area contributed by atoms with E-state index >= 15 is 0 Å². The minimum atomic E-state index is -0.354. The number of halogens is 1. The first-order valence-electron chi connectivity index (χ1n) is 11.2. The number of aryl methyl sites for hydroxylation is 1. The normalized spacial score (nSPS) is 11.7. The summed E-state index contributed by atoms with van der Waals surface area (Å²) in [6.07, 6.45) is 0. The van der Waals surface area contributed by atoms with Crippen LogP contribution in [-0.4, -0.2) is 31.5 Å². The summed E-state index contributed by atoms with van der Waals surface area (Å²) in [6.45, 7) is 5.47. The van der Waals surface area contributed by atoms with Crippen molar-refractivity contribution in [3.05, 3.63) is 107 Å². The lowest BCUT2D eigenvalue weighted by atomic mass is 10.0. The van der Waals surface area contributed by atoms with Gasteiger partial charge in [-0.15, -0.1) is 5.10 Å². The molecule has 4 rings (SSSR count). The molecule has 35 heavy (non-hydrogen) atoms. The molecule has 178 valence electrons. The van der Waals surface area contributed by atoms with Gasteiger partial charge in [-0.05, 0) is 61.4 Å². The van der Waals surface area contributed by atoms with E-state index in [1.165, 1.54) is 23.7 Å². The summed E-state index contributed by atoms with van der Waals surface area (Å²) in [6, 6.07) is 22.6. The van der Waals surface area contributed by atoms with Crippen LogP contribution >= 0.6 is 0 Å². The van der Waals surface area contributed by atoms with Crippen LogP contribution in [0.5, 0.6) is 0 Å². The van der Waals surface area contributed by atoms with E-state index in [0.29, 0.717) is 23.7 Å². The fourth-order valence-corrected chi connectivity index (χ4v) is 3.86. The molecule has 0 bridgehead atoms. The van der Waals surface area contributed by atoms with Gasteiger partial charge in [0.05, 0.1) is 11.7 Å². The van der Waals surface area contributed by atoms with Gasteiger partial charge < -0.3 is 10.2 Å². The molecule has 0 radical (unpaired) electrons. The van der Waals surface area contributed by atoms with Crippen molar-refractivity contribution in [1.29, 1.82) is 0 Å². The van der Waals surface area contributed by atoms with Crippen LogP contribution in [0, 0.1) is 12.7 Å². The molecule has 8 heteroatoms. The van der Waals surface area contributed by atoms with Crippen LogP contribution in [0.4, 0.5) is 10.1 Å². The van der Waals surface area contributed by atoms with Gasteiger partial charge in [-0.25, -0.2) is 14.1 Å². The Morgan fingerprint density at radius 3 is 2.43 bits per heavy atom. The maximum Gasteiger partial charge on any atom is 0.294 e. The van der Waals surface area contributed by atoms with Crippen molar-refractivity contribution in [3.63, 3.8) is 0 Å². The summed E-state index contributed by atoms with van der Waals surface area (Å²) in [5.74, 6) is -0.298. The van der Waals surface area contributed by atoms with Gasteiger partial charge >= 0.3 is 0 Å². The van der Waals surface area contributed by atoms with Crippen LogP contribution in [0.2, 0.25) is 0 Å². The van der Waals surface area contributed by atoms with E-state index in [0.717, 1.165) is 11.1 Å². The summed E-state index contributed by atoms with van der Waals surface area (Å²) in [4.78, 5) is 31.4. The zero-order valence-electron chi connectivity index (χ0n) is 19.8. The second-order valence-electron chi connectivity index (χ2n) is 8.27. The topological polar surface area (TPSA) is 80.1 Å². The second-order valence-corrected chi connectivity index (χ2v) is 8.27. The molecule has 1 unspecified atom stereocenters. The zero-order valence-corrected chi connectivity index (χ0v) is 19.8. The molecule has 7 nitrogen and oxygen atoms in total. The van der Waals surface area contributed by atoms with Crippen LogP contribution < -0.4 is 5.32 Å². The Kier molecular flexibility index (Phi) is 7.01. The van der Waals surface area contributed by atoms with Gasteiger partial charge in [0.25, 0.3) is 5.91 Å².